The molecule has 0 amide bonds. The van der Waals surface area contributed by atoms with E-state index in [4.69, 9.17) is 4.74 Å². The maximum Gasteiger partial charge on any atom is 0.340 e. The van der Waals surface area contributed by atoms with Gasteiger partial charge in [-0.3, -0.25) is 0 Å². The Labute approximate surface area is 144 Å². The van der Waals surface area contributed by atoms with E-state index in [9.17, 15) is 17.6 Å². The fourth-order valence-corrected chi connectivity index (χ4v) is 3.94. The summed E-state index contributed by atoms with van der Waals surface area (Å²) in [6.07, 6.45) is 0. The molecule has 0 bridgehead atoms. The third-order valence-corrected chi connectivity index (χ3v) is 5.27. The van der Waals surface area contributed by atoms with Crippen LogP contribution in [0.5, 0.6) is 0 Å². The molecule has 0 aliphatic rings. The van der Waals surface area contributed by atoms with E-state index >= 15 is 0 Å². The number of halogens is 1. The van der Waals surface area contributed by atoms with Gasteiger partial charge in [-0.15, -0.1) is 0 Å². The molecule has 0 saturated heterocycles. The van der Waals surface area contributed by atoms with Crippen LogP contribution in [0.15, 0.2) is 59.6 Å². The topological polar surface area (TPSA) is 73.3 Å². The molecule has 3 rings (SSSR count). The Hall–Kier alpha value is -2.80. The average molecular weight is 359 g/mol. The van der Waals surface area contributed by atoms with Crippen molar-refractivity contribution < 1.29 is 22.3 Å². The van der Waals surface area contributed by atoms with Gasteiger partial charge in [0.2, 0.25) is 9.84 Å². The van der Waals surface area contributed by atoms with Crippen LogP contribution >= 0.6 is 0 Å². The van der Waals surface area contributed by atoms with Gasteiger partial charge in [0.25, 0.3) is 0 Å². The molecule has 128 valence electrons. The molecule has 0 aliphatic carbocycles. The number of esters is 1. The summed E-state index contributed by atoms with van der Waals surface area (Å²) in [6, 6.07) is 13.4. The predicted molar refractivity (Wildman–Crippen MR) is 90.4 cm³/mol. The molecule has 0 spiro atoms. The van der Waals surface area contributed by atoms with Gasteiger partial charge in [0.05, 0.1) is 23.9 Å². The first-order valence-corrected chi connectivity index (χ1v) is 9.01. The maximum atomic E-state index is 13.0. The molecule has 0 radical (unpaired) electrons. The Kier molecular flexibility index (Phi) is 4.50. The molecule has 0 fully saturated rings. The number of sulfone groups is 1. The molecular weight excluding hydrogens is 345 g/mol. The predicted octanol–water partition coefficient (Wildman–Crippen LogP) is 3.13. The number of carbonyl (C=O) groups is 1. The van der Waals surface area contributed by atoms with Crippen molar-refractivity contribution in [2.75, 3.05) is 7.11 Å². The van der Waals surface area contributed by atoms with Gasteiger partial charge in [0, 0.05) is 5.39 Å². The van der Waals surface area contributed by atoms with Gasteiger partial charge >= 0.3 is 5.97 Å². The van der Waals surface area contributed by atoms with Gasteiger partial charge in [-0.05, 0) is 29.8 Å². The number of carbonyl (C=O) groups excluding carboxylic acids is 1. The quantitative estimate of drug-likeness (QED) is 0.669. The summed E-state index contributed by atoms with van der Waals surface area (Å²) in [4.78, 5) is 16.2. The van der Waals surface area contributed by atoms with Gasteiger partial charge in [-0.25, -0.2) is 22.6 Å². The van der Waals surface area contributed by atoms with Crippen LogP contribution < -0.4 is 0 Å². The zero-order valence-electron chi connectivity index (χ0n) is 13.3. The Morgan fingerprint density at radius 2 is 1.80 bits per heavy atom. The summed E-state index contributed by atoms with van der Waals surface area (Å²) in [6.45, 7) is 0. The molecule has 0 unspecified atom stereocenters. The highest BCUT2D eigenvalue weighted by Crippen LogP contribution is 2.24. The monoisotopic (exact) mass is 359 g/mol. The minimum Gasteiger partial charge on any atom is -0.465 e. The van der Waals surface area contributed by atoms with Gasteiger partial charge < -0.3 is 4.74 Å². The molecular formula is C18H14FNO4S. The lowest BCUT2D eigenvalue weighted by Crippen LogP contribution is -2.15. The van der Waals surface area contributed by atoms with E-state index < -0.39 is 27.4 Å². The summed E-state index contributed by atoms with van der Waals surface area (Å²) in [7, 11) is -2.76. The van der Waals surface area contributed by atoms with E-state index in [1.54, 1.807) is 24.3 Å². The lowest BCUT2D eigenvalue weighted by molar-refractivity contribution is 0.0595. The standard InChI is InChI=1S/C18H14FNO4S/c1-24-18(21)15-10-13-4-2-3-5-16(13)20-17(15)25(22,23)11-12-6-8-14(19)9-7-12/h2-10H,11H2,1H3. The van der Waals surface area contributed by atoms with E-state index in [-0.39, 0.29) is 10.6 Å². The smallest absolute Gasteiger partial charge is 0.340 e. The highest BCUT2D eigenvalue weighted by atomic mass is 32.2. The fraction of sp³-hybridized carbons (Fsp3) is 0.111. The number of benzene rings is 2. The molecule has 25 heavy (non-hydrogen) atoms. The van der Waals surface area contributed by atoms with Crippen molar-refractivity contribution in [2.24, 2.45) is 0 Å². The van der Waals surface area contributed by atoms with Crippen LogP contribution in [0.25, 0.3) is 10.9 Å². The Bertz CT molecular complexity index is 1050. The van der Waals surface area contributed by atoms with E-state index in [1.807, 2.05) is 0 Å². The molecule has 3 aromatic rings. The van der Waals surface area contributed by atoms with Crippen LogP contribution in [0, 0.1) is 5.82 Å². The largest absolute Gasteiger partial charge is 0.465 e. The van der Waals surface area contributed by atoms with E-state index in [0.29, 0.717) is 16.5 Å². The van der Waals surface area contributed by atoms with Gasteiger partial charge in [-0.2, -0.15) is 0 Å². The Balaban J connectivity index is 2.14. The van der Waals surface area contributed by atoms with Gasteiger partial charge in [-0.1, -0.05) is 30.3 Å². The number of rotatable bonds is 4. The molecule has 1 heterocycles. The second-order valence-electron chi connectivity index (χ2n) is 5.41. The summed E-state index contributed by atoms with van der Waals surface area (Å²) in [5, 5.41) is 0.283. The normalized spacial score (nSPS) is 11.4. The number of para-hydroxylation sites is 1. The summed E-state index contributed by atoms with van der Waals surface area (Å²) < 4.78 is 43.3. The number of nitrogens with zero attached hydrogens (tertiary/aromatic N) is 1. The first-order chi connectivity index (χ1) is 11.9. The fourth-order valence-electron chi connectivity index (χ4n) is 2.46. The number of ether oxygens (including phenoxy) is 1. The first-order valence-electron chi connectivity index (χ1n) is 7.36. The lowest BCUT2D eigenvalue weighted by atomic mass is 10.1. The Morgan fingerprint density at radius 3 is 2.48 bits per heavy atom. The number of hydrogen-bond donors (Lipinski definition) is 0. The molecule has 0 atom stereocenters. The lowest BCUT2D eigenvalue weighted by Gasteiger charge is -2.10. The third kappa shape index (κ3) is 3.51. The van der Waals surface area contributed by atoms with Crippen molar-refractivity contribution in [3.63, 3.8) is 0 Å². The molecule has 0 aliphatic heterocycles. The van der Waals surface area contributed by atoms with Crippen LogP contribution in [0.4, 0.5) is 4.39 Å². The van der Waals surface area contributed by atoms with Crippen molar-refractivity contribution in [3.8, 4) is 0 Å². The minimum atomic E-state index is -3.94. The highest BCUT2D eigenvalue weighted by Gasteiger charge is 2.26. The van der Waals surface area contributed by atoms with Crippen molar-refractivity contribution in [2.45, 2.75) is 10.8 Å². The molecule has 0 saturated carbocycles. The van der Waals surface area contributed by atoms with E-state index in [0.717, 1.165) is 0 Å². The van der Waals surface area contributed by atoms with Crippen LogP contribution in [-0.4, -0.2) is 26.5 Å². The molecule has 7 heteroatoms. The van der Waals surface area contributed by atoms with Crippen LogP contribution in [-0.2, 0) is 20.3 Å². The minimum absolute atomic E-state index is 0.122. The summed E-state index contributed by atoms with van der Waals surface area (Å²) in [5.74, 6) is -1.64. The number of methoxy groups -OCH3 is 1. The van der Waals surface area contributed by atoms with Crippen LogP contribution in [0.1, 0.15) is 15.9 Å². The van der Waals surface area contributed by atoms with Crippen molar-refractivity contribution >= 4 is 26.7 Å². The number of pyridine rings is 1. The zero-order valence-corrected chi connectivity index (χ0v) is 14.1. The highest BCUT2D eigenvalue weighted by molar-refractivity contribution is 7.90. The second kappa shape index (κ2) is 6.60. The van der Waals surface area contributed by atoms with Gasteiger partial charge in [0.15, 0.2) is 5.03 Å². The van der Waals surface area contributed by atoms with Crippen molar-refractivity contribution in [3.05, 3.63) is 71.5 Å². The molecule has 0 N–H and O–H groups in total. The van der Waals surface area contributed by atoms with Crippen molar-refractivity contribution in [1.29, 1.82) is 0 Å². The maximum absolute atomic E-state index is 13.0. The summed E-state index contributed by atoms with van der Waals surface area (Å²) >= 11 is 0. The molecule has 5 nitrogen and oxygen atoms in total. The molecule has 1 aromatic heterocycles. The first kappa shape index (κ1) is 17.0. The zero-order chi connectivity index (χ0) is 18.0. The Morgan fingerprint density at radius 1 is 1.12 bits per heavy atom. The van der Waals surface area contributed by atoms with Gasteiger partial charge in [0.1, 0.15) is 5.82 Å². The average Bonchev–Trinajstić information content (AvgIpc) is 2.61. The second-order valence-corrected chi connectivity index (χ2v) is 7.32. The van der Waals surface area contributed by atoms with Crippen LogP contribution in [0.3, 0.4) is 0 Å². The molecule has 2 aromatic carbocycles. The van der Waals surface area contributed by atoms with Crippen LogP contribution in [0.2, 0.25) is 0 Å². The number of aromatic nitrogens is 1. The van der Waals surface area contributed by atoms with Crippen molar-refractivity contribution in [1.82, 2.24) is 4.98 Å². The SMILES string of the molecule is COC(=O)c1cc2ccccc2nc1S(=O)(=O)Cc1ccc(F)cc1. The van der Waals surface area contributed by atoms with E-state index in [2.05, 4.69) is 4.98 Å². The van der Waals surface area contributed by atoms with E-state index in [1.165, 1.54) is 37.4 Å². The number of hydrogen-bond acceptors (Lipinski definition) is 5. The summed E-state index contributed by atoms with van der Waals surface area (Å²) in [5.41, 5.74) is 0.725. The third-order valence-electron chi connectivity index (χ3n) is 3.66. The number of fused-ring (bicyclic) bond motifs is 1.